The number of ether oxygens (including phenoxy) is 2. The first-order chi connectivity index (χ1) is 14.5. The van der Waals surface area contributed by atoms with Crippen LogP contribution in [0.5, 0.6) is 11.5 Å². The number of aromatic amines is 1. The number of thioether (sulfide) groups is 1. The van der Waals surface area contributed by atoms with Crippen LogP contribution in [0.2, 0.25) is 0 Å². The monoisotopic (exact) mass is 426 g/mol. The number of hydrogen-bond acceptors (Lipinski definition) is 6. The zero-order valence-corrected chi connectivity index (χ0v) is 18.4. The number of carbonyl (C=O) groups is 1. The summed E-state index contributed by atoms with van der Waals surface area (Å²) in [7, 11) is 0. The lowest BCUT2D eigenvalue weighted by Crippen LogP contribution is -2.17. The number of aromatic nitrogens is 2. The van der Waals surface area contributed by atoms with E-state index in [9.17, 15) is 4.79 Å². The molecule has 0 aliphatic heterocycles. The van der Waals surface area contributed by atoms with Crippen molar-refractivity contribution in [3.8, 4) is 11.5 Å². The number of carbonyl (C=O) groups excluding carboxylic acids is 1. The molecule has 0 saturated heterocycles. The third-order valence-electron chi connectivity index (χ3n) is 4.04. The van der Waals surface area contributed by atoms with Gasteiger partial charge in [-0.2, -0.15) is 5.10 Å². The Morgan fingerprint density at radius 3 is 2.73 bits per heavy atom. The first kappa shape index (κ1) is 21.7. The number of hydrazone groups is 1. The van der Waals surface area contributed by atoms with E-state index in [4.69, 9.17) is 9.47 Å². The molecule has 1 heterocycles. The summed E-state index contributed by atoms with van der Waals surface area (Å²) in [5.74, 6) is 1.07. The highest BCUT2D eigenvalue weighted by molar-refractivity contribution is 7.99. The number of fused-ring (bicyclic) bond motifs is 1. The van der Waals surface area contributed by atoms with Crippen LogP contribution in [0.3, 0.4) is 0 Å². The number of benzene rings is 2. The molecule has 0 aliphatic rings. The highest BCUT2D eigenvalue weighted by Gasteiger charge is 2.10. The number of nitrogens with one attached hydrogen (secondary N) is 2. The molecule has 0 atom stereocenters. The van der Waals surface area contributed by atoms with Gasteiger partial charge in [-0.05, 0) is 44.2 Å². The maximum atomic E-state index is 12.5. The van der Waals surface area contributed by atoms with Crippen molar-refractivity contribution in [2.45, 2.75) is 38.1 Å². The summed E-state index contributed by atoms with van der Waals surface area (Å²) < 4.78 is 11.1. The van der Waals surface area contributed by atoms with Crippen LogP contribution < -0.4 is 14.9 Å². The van der Waals surface area contributed by atoms with E-state index in [1.54, 1.807) is 30.1 Å². The van der Waals surface area contributed by atoms with Crippen LogP contribution in [-0.2, 0) is 0 Å². The Morgan fingerprint density at radius 1 is 1.20 bits per heavy atom. The Hall–Kier alpha value is -3.00. The fourth-order valence-electron chi connectivity index (χ4n) is 2.79. The Morgan fingerprint density at radius 2 is 2.00 bits per heavy atom. The van der Waals surface area contributed by atoms with Crippen molar-refractivity contribution in [1.29, 1.82) is 0 Å². The number of amides is 1. The third-order valence-corrected chi connectivity index (χ3v) is 4.92. The van der Waals surface area contributed by atoms with E-state index in [0.717, 1.165) is 27.5 Å². The molecule has 0 radical (unpaired) electrons. The molecule has 0 fully saturated rings. The van der Waals surface area contributed by atoms with Crippen molar-refractivity contribution in [2.24, 2.45) is 5.10 Å². The van der Waals surface area contributed by atoms with Crippen LogP contribution >= 0.6 is 11.8 Å². The third kappa shape index (κ3) is 5.54. The van der Waals surface area contributed by atoms with Crippen LogP contribution in [0.25, 0.3) is 11.0 Å². The van der Waals surface area contributed by atoms with Gasteiger partial charge in [0, 0.05) is 22.4 Å². The first-order valence-electron chi connectivity index (χ1n) is 9.89. The van der Waals surface area contributed by atoms with Gasteiger partial charge in [0.25, 0.3) is 5.91 Å². The van der Waals surface area contributed by atoms with Gasteiger partial charge in [0.05, 0.1) is 30.5 Å². The SMILES string of the molecule is CCOc1ccc(/C=N\NC(=O)c2ccc3nc(SC(C)C)[nH]c3c2)c(OCC)c1. The van der Waals surface area contributed by atoms with E-state index < -0.39 is 0 Å². The molecular formula is C22H26N4O3S. The molecule has 0 spiro atoms. The summed E-state index contributed by atoms with van der Waals surface area (Å²) in [6.45, 7) is 9.14. The van der Waals surface area contributed by atoms with Gasteiger partial charge in [-0.25, -0.2) is 10.4 Å². The molecule has 0 unspecified atom stereocenters. The van der Waals surface area contributed by atoms with E-state index in [-0.39, 0.29) is 5.91 Å². The fourth-order valence-corrected chi connectivity index (χ4v) is 3.56. The molecule has 0 aliphatic carbocycles. The van der Waals surface area contributed by atoms with E-state index in [0.29, 0.717) is 29.8 Å². The summed E-state index contributed by atoms with van der Waals surface area (Å²) in [5, 5.41) is 5.35. The molecule has 3 rings (SSSR count). The Balaban J connectivity index is 1.71. The van der Waals surface area contributed by atoms with E-state index in [1.807, 2.05) is 38.1 Å². The number of imidazole rings is 1. The first-order valence-corrected chi connectivity index (χ1v) is 10.8. The van der Waals surface area contributed by atoms with Crippen molar-refractivity contribution in [3.05, 3.63) is 47.5 Å². The highest BCUT2D eigenvalue weighted by Crippen LogP contribution is 2.25. The Bertz CT molecular complexity index is 1050. The summed E-state index contributed by atoms with van der Waals surface area (Å²) >= 11 is 1.65. The maximum absolute atomic E-state index is 12.5. The average molecular weight is 427 g/mol. The fraction of sp³-hybridized carbons (Fsp3) is 0.318. The summed E-state index contributed by atoms with van der Waals surface area (Å²) in [6.07, 6.45) is 1.56. The minimum Gasteiger partial charge on any atom is -0.494 e. The van der Waals surface area contributed by atoms with Crippen LogP contribution in [0.15, 0.2) is 46.7 Å². The van der Waals surface area contributed by atoms with E-state index >= 15 is 0 Å². The molecule has 1 amide bonds. The second kappa shape index (κ2) is 10.2. The Labute approximate surface area is 180 Å². The second-order valence-corrected chi connectivity index (χ2v) is 8.27. The minimum absolute atomic E-state index is 0.301. The normalized spacial score (nSPS) is 11.4. The van der Waals surface area contributed by atoms with Gasteiger partial charge in [0.1, 0.15) is 11.5 Å². The Kier molecular flexibility index (Phi) is 7.35. The van der Waals surface area contributed by atoms with Gasteiger partial charge in [0.15, 0.2) is 5.16 Å². The molecule has 2 aromatic carbocycles. The molecule has 30 heavy (non-hydrogen) atoms. The number of hydrogen-bond donors (Lipinski definition) is 2. The van der Waals surface area contributed by atoms with E-state index in [2.05, 4.69) is 34.3 Å². The van der Waals surface area contributed by atoms with Crippen LogP contribution in [0, 0.1) is 0 Å². The lowest BCUT2D eigenvalue weighted by Gasteiger charge is -2.10. The van der Waals surface area contributed by atoms with Crippen molar-refractivity contribution in [1.82, 2.24) is 15.4 Å². The zero-order valence-electron chi connectivity index (χ0n) is 17.6. The van der Waals surface area contributed by atoms with Gasteiger partial charge in [0.2, 0.25) is 0 Å². The molecule has 2 N–H and O–H groups in total. The van der Waals surface area contributed by atoms with Gasteiger partial charge in [-0.15, -0.1) is 0 Å². The molecule has 158 valence electrons. The summed E-state index contributed by atoms with van der Waals surface area (Å²) in [5.41, 5.74) is 5.46. The number of nitrogens with zero attached hydrogens (tertiary/aromatic N) is 2. The van der Waals surface area contributed by atoms with Gasteiger partial charge >= 0.3 is 0 Å². The number of H-pyrrole nitrogens is 1. The molecule has 3 aromatic rings. The van der Waals surface area contributed by atoms with Gasteiger partial charge < -0.3 is 14.5 Å². The molecule has 0 saturated carbocycles. The predicted molar refractivity (Wildman–Crippen MR) is 121 cm³/mol. The maximum Gasteiger partial charge on any atom is 0.271 e. The second-order valence-electron chi connectivity index (χ2n) is 6.71. The largest absolute Gasteiger partial charge is 0.494 e. The predicted octanol–water partition coefficient (Wildman–Crippen LogP) is 4.62. The summed E-state index contributed by atoms with van der Waals surface area (Å²) in [6, 6.07) is 10.8. The molecular weight excluding hydrogens is 400 g/mol. The van der Waals surface area contributed by atoms with Gasteiger partial charge in [-0.1, -0.05) is 25.6 Å². The molecule has 0 bridgehead atoms. The van der Waals surface area contributed by atoms with Crippen molar-refractivity contribution >= 4 is 34.9 Å². The molecule has 8 heteroatoms. The average Bonchev–Trinajstić information content (AvgIpc) is 3.10. The lowest BCUT2D eigenvalue weighted by molar-refractivity contribution is 0.0955. The zero-order chi connectivity index (χ0) is 21.5. The van der Waals surface area contributed by atoms with Crippen molar-refractivity contribution in [3.63, 3.8) is 0 Å². The van der Waals surface area contributed by atoms with Crippen molar-refractivity contribution < 1.29 is 14.3 Å². The van der Waals surface area contributed by atoms with Crippen LogP contribution in [-0.4, -0.2) is 40.6 Å². The molecule has 1 aromatic heterocycles. The van der Waals surface area contributed by atoms with Gasteiger partial charge in [-0.3, -0.25) is 4.79 Å². The smallest absolute Gasteiger partial charge is 0.271 e. The minimum atomic E-state index is -0.301. The quantitative estimate of drug-likeness (QED) is 0.296. The van der Waals surface area contributed by atoms with Crippen LogP contribution in [0.4, 0.5) is 0 Å². The highest BCUT2D eigenvalue weighted by atomic mass is 32.2. The van der Waals surface area contributed by atoms with E-state index in [1.165, 1.54) is 0 Å². The van der Waals surface area contributed by atoms with Crippen LogP contribution in [0.1, 0.15) is 43.6 Å². The topological polar surface area (TPSA) is 88.6 Å². The molecule has 7 nitrogen and oxygen atoms in total. The summed E-state index contributed by atoms with van der Waals surface area (Å²) in [4.78, 5) is 20.3. The standard InChI is InChI=1S/C22H26N4O3S/c1-5-28-17-9-7-16(20(12-17)29-6-2)13-23-26-21(27)15-8-10-18-19(11-15)25-22(24-18)30-14(3)4/h7-14H,5-6H2,1-4H3,(H,24,25)(H,26,27)/b23-13-. The van der Waals surface area contributed by atoms with Crippen molar-refractivity contribution in [2.75, 3.05) is 13.2 Å². The number of rotatable bonds is 9. The lowest BCUT2D eigenvalue weighted by atomic mass is 10.2.